The summed E-state index contributed by atoms with van der Waals surface area (Å²) < 4.78 is 12.8. The molecule has 0 spiro atoms. The Hall–Kier alpha value is -2.87. The highest BCUT2D eigenvalue weighted by Gasteiger charge is 2.10. The van der Waals surface area contributed by atoms with Crippen molar-refractivity contribution in [2.75, 3.05) is 5.32 Å². The molecule has 0 fully saturated rings. The van der Waals surface area contributed by atoms with Gasteiger partial charge in [0.1, 0.15) is 11.5 Å². The number of benzene rings is 1. The molecule has 0 saturated carbocycles. The number of aromatic nitrogens is 3. The van der Waals surface area contributed by atoms with Crippen LogP contribution in [-0.4, -0.2) is 21.1 Å². The summed E-state index contributed by atoms with van der Waals surface area (Å²) in [5.74, 6) is -0.250. The third-order valence-electron chi connectivity index (χ3n) is 3.24. The topological polar surface area (TPSA) is 87.7 Å². The SMILES string of the molecule is O=C(CCc1nnc(-c2cccs2)[nH]c1=O)Nc1ccc(F)cc1. The molecule has 0 unspecified atom stereocenters. The van der Waals surface area contributed by atoms with Crippen LogP contribution in [0.5, 0.6) is 0 Å². The molecule has 1 aromatic carbocycles. The minimum Gasteiger partial charge on any atom is -0.326 e. The number of aryl methyl sites for hydroxylation is 1. The zero-order valence-corrected chi connectivity index (χ0v) is 13.3. The van der Waals surface area contributed by atoms with Gasteiger partial charge in [-0.15, -0.1) is 21.5 Å². The Morgan fingerprint density at radius 1 is 1.21 bits per heavy atom. The van der Waals surface area contributed by atoms with Crippen LogP contribution in [-0.2, 0) is 11.2 Å². The average Bonchev–Trinajstić information content (AvgIpc) is 3.10. The van der Waals surface area contributed by atoms with Crippen molar-refractivity contribution in [1.82, 2.24) is 15.2 Å². The van der Waals surface area contributed by atoms with Gasteiger partial charge >= 0.3 is 0 Å². The van der Waals surface area contributed by atoms with Gasteiger partial charge in [-0.1, -0.05) is 6.07 Å². The summed E-state index contributed by atoms with van der Waals surface area (Å²) >= 11 is 1.45. The number of carbonyl (C=O) groups is 1. The maximum atomic E-state index is 12.8. The van der Waals surface area contributed by atoms with Crippen LogP contribution in [0.3, 0.4) is 0 Å². The molecule has 1 amide bonds. The minimum atomic E-state index is -0.374. The first-order valence-electron chi connectivity index (χ1n) is 7.17. The van der Waals surface area contributed by atoms with E-state index in [1.165, 1.54) is 35.6 Å². The monoisotopic (exact) mass is 344 g/mol. The molecule has 6 nitrogen and oxygen atoms in total. The first-order chi connectivity index (χ1) is 11.6. The predicted molar refractivity (Wildman–Crippen MR) is 89.3 cm³/mol. The number of carbonyl (C=O) groups excluding carboxylic acids is 1. The normalized spacial score (nSPS) is 10.5. The van der Waals surface area contributed by atoms with Gasteiger partial charge in [-0.25, -0.2) is 4.39 Å². The fourth-order valence-corrected chi connectivity index (χ4v) is 2.70. The van der Waals surface area contributed by atoms with Crippen LogP contribution < -0.4 is 10.9 Å². The number of amides is 1. The molecule has 2 aromatic heterocycles. The number of hydrogen-bond acceptors (Lipinski definition) is 5. The number of nitrogens with one attached hydrogen (secondary N) is 2. The molecule has 2 N–H and O–H groups in total. The summed E-state index contributed by atoms with van der Waals surface area (Å²) in [5, 5.41) is 12.4. The van der Waals surface area contributed by atoms with Crippen LogP contribution >= 0.6 is 11.3 Å². The van der Waals surface area contributed by atoms with Crippen LogP contribution in [0.15, 0.2) is 46.6 Å². The summed E-state index contributed by atoms with van der Waals surface area (Å²) in [6.07, 6.45) is 0.244. The van der Waals surface area contributed by atoms with Crippen molar-refractivity contribution >= 4 is 22.9 Å². The van der Waals surface area contributed by atoms with Crippen LogP contribution in [0.25, 0.3) is 10.7 Å². The largest absolute Gasteiger partial charge is 0.326 e. The van der Waals surface area contributed by atoms with Crippen molar-refractivity contribution in [2.24, 2.45) is 0 Å². The second-order valence-electron chi connectivity index (χ2n) is 4.98. The third-order valence-corrected chi connectivity index (χ3v) is 4.11. The average molecular weight is 344 g/mol. The molecule has 2 heterocycles. The highest BCUT2D eigenvalue weighted by molar-refractivity contribution is 7.13. The van der Waals surface area contributed by atoms with Gasteiger partial charge in [0.25, 0.3) is 5.56 Å². The molecule has 0 saturated heterocycles. The number of nitrogens with zero attached hydrogens (tertiary/aromatic N) is 2. The molecule has 0 atom stereocenters. The molecule has 0 bridgehead atoms. The van der Waals surface area contributed by atoms with Gasteiger partial charge in [0.2, 0.25) is 5.91 Å². The van der Waals surface area contributed by atoms with Crippen molar-refractivity contribution < 1.29 is 9.18 Å². The smallest absolute Gasteiger partial charge is 0.273 e. The summed E-state index contributed by atoms with van der Waals surface area (Å²) in [6.45, 7) is 0. The van der Waals surface area contributed by atoms with Crippen molar-refractivity contribution in [2.45, 2.75) is 12.8 Å². The van der Waals surface area contributed by atoms with Crippen LogP contribution in [0.4, 0.5) is 10.1 Å². The highest BCUT2D eigenvalue weighted by Crippen LogP contribution is 2.18. The van der Waals surface area contributed by atoms with E-state index < -0.39 is 0 Å². The van der Waals surface area contributed by atoms with Gasteiger partial charge < -0.3 is 10.3 Å². The quantitative estimate of drug-likeness (QED) is 0.745. The van der Waals surface area contributed by atoms with E-state index in [-0.39, 0.29) is 35.8 Å². The van der Waals surface area contributed by atoms with Gasteiger partial charge in [0.05, 0.1) is 4.88 Å². The Morgan fingerprint density at radius 2 is 2.00 bits per heavy atom. The summed E-state index contributed by atoms with van der Waals surface area (Å²) in [6, 6.07) is 9.14. The van der Waals surface area contributed by atoms with Crippen LogP contribution in [0, 0.1) is 5.82 Å². The molecular weight excluding hydrogens is 331 g/mol. The van der Waals surface area contributed by atoms with E-state index in [0.29, 0.717) is 11.5 Å². The third kappa shape index (κ3) is 3.90. The standard InChI is InChI=1S/C16H13FN4O2S/c17-10-3-5-11(6-4-10)18-14(22)8-7-12-16(23)19-15(21-20-12)13-2-1-9-24-13/h1-6,9H,7-8H2,(H,18,22)(H,19,21,23). The maximum Gasteiger partial charge on any atom is 0.273 e. The second kappa shape index (κ2) is 7.14. The summed E-state index contributed by atoms with van der Waals surface area (Å²) in [7, 11) is 0. The van der Waals surface area contributed by atoms with E-state index in [0.717, 1.165) is 4.88 Å². The first kappa shape index (κ1) is 16.0. The van der Waals surface area contributed by atoms with Crippen LogP contribution in [0.2, 0.25) is 0 Å². The van der Waals surface area contributed by atoms with Gasteiger partial charge in [-0.2, -0.15) is 0 Å². The molecule has 0 aliphatic carbocycles. The van der Waals surface area contributed by atoms with E-state index >= 15 is 0 Å². The molecule has 3 aromatic rings. The number of anilines is 1. The van der Waals surface area contributed by atoms with Crippen LogP contribution in [0.1, 0.15) is 12.1 Å². The number of aromatic amines is 1. The Bertz CT molecular complexity index is 891. The van der Waals surface area contributed by atoms with Crippen molar-refractivity contribution in [1.29, 1.82) is 0 Å². The Morgan fingerprint density at radius 3 is 2.67 bits per heavy atom. The van der Waals surface area contributed by atoms with Crippen molar-refractivity contribution in [3.63, 3.8) is 0 Å². The molecule has 0 aliphatic rings. The lowest BCUT2D eigenvalue weighted by Gasteiger charge is -2.04. The predicted octanol–water partition coefficient (Wildman–Crippen LogP) is 2.60. The van der Waals surface area contributed by atoms with E-state index in [9.17, 15) is 14.0 Å². The number of thiophene rings is 1. The van der Waals surface area contributed by atoms with Gasteiger partial charge in [-0.3, -0.25) is 9.59 Å². The zero-order chi connectivity index (χ0) is 16.9. The molecule has 122 valence electrons. The Balaban J connectivity index is 1.61. The molecule has 24 heavy (non-hydrogen) atoms. The minimum absolute atomic E-state index is 0.0769. The fraction of sp³-hybridized carbons (Fsp3) is 0.125. The molecule has 0 radical (unpaired) electrons. The van der Waals surface area contributed by atoms with E-state index in [2.05, 4.69) is 20.5 Å². The number of rotatable bonds is 5. The Labute approximate surface area is 140 Å². The fourth-order valence-electron chi connectivity index (χ4n) is 2.04. The first-order valence-corrected chi connectivity index (χ1v) is 8.05. The number of hydrogen-bond donors (Lipinski definition) is 2. The second-order valence-corrected chi connectivity index (χ2v) is 5.93. The van der Waals surface area contributed by atoms with E-state index in [1.807, 2.05) is 17.5 Å². The molecule has 8 heteroatoms. The number of halogens is 1. The summed E-state index contributed by atoms with van der Waals surface area (Å²) in [5.41, 5.74) is 0.335. The lowest BCUT2D eigenvalue weighted by atomic mass is 10.2. The zero-order valence-electron chi connectivity index (χ0n) is 12.5. The lowest BCUT2D eigenvalue weighted by molar-refractivity contribution is -0.116. The summed E-state index contributed by atoms with van der Waals surface area (Å²) in [4.78, 5) is 27.4. The lowest BCUT2D eigenvalue weighted by Crippen LogP contribution is -2.20. The van der Waals surface area contributed by atoms with Crippen molar-refractivity contribution in [3.8, 4) is 10.7 Å². The molecular formula is C16H13FN4O2S. The molecule has 3 rings (SSSR count). The van der Waals surface area contributed by atoms with Gasteiger partial charge in [0, 0.05) is 18.5 Å². The van der Waals surface area contributed by atoms with E-state index in [4.69, 9.17) is 0 Å². The number of H-pyrrole nitrogens is 1. The van der Waals surface area contributed by atoms with E-state index in [1.54, 1.807) is 0 Å². The maximum absolute atomic E-state index is 12.8. The van der Waals surface area contributed by atoms with Gasteiger partial charge in [0.15, 0.2) is 5.82 Å². The highest BCUT2D eigenvalue weighted by atomic mass is 32.1. The van der Waals surface area contributed by atoms with Gasteiger partial charge in [-0.05, 0) is 35.7 Å². The molecule has 0 aliphatic heterocycles. The van der Waals surface area contributed by atoms with Crippen molar-refractivity contribution in [3.05, 3.63) is 63.6 Å². The Kier molecular flexibility index (Phi) is 4.76.